The van der Waals surface area contributed by atoms with Gasteiger partial charge >= 0.3 is 0 Å². The number of thioether (sulfide) groups is 1. The summed E-state index contributed by atoms with van der Waals surface area (Å²) in [5.41, 5.74) is 2.02. The second-order valence-corrected chi connectivity index (χ2v) is 9.64. The third-order valence-corrected chi connectivity index (χ3v) is 6.19. The first-order chi connectivity index (χ1) is 16.8. The van der Waals surface area contributed by atoms with E-state index < -0.39 is 0 Å². The Morgan fingerprint density at radius 2 is 1.74 bits per heavy atom. The monoisotopic (exact) mass is 496 g/mol. The van der Waals surface area contributed by atoms with Crippen molar-refractivity contribution >= 4 is 11.8 Å². The van der Waals surface area contributed by atoms with E-state index in [-0.39, 0.29) is 12.0 Å². The molecule has 0 bridgehead atoms. The van der Waals surface area contributed by atoms with Crippen molar-refractivity contribution in [2.45, 2.75) is 43.7 Å². The van der Waals surface area contributed by atoms with Gasteiger partial charge in [-0.15, -0.1) is 10.2 Å². The van der Waals surface area contributed by atoms with Crippen molar-refractivity contribution in [3.05, 3.63) is 59.7 Å². The van der Waals surface area contributed by atoms with Crippen LogP contribution < -0.4 is 20.1 Å². The predicted molar refractivity (Wildman–Crippen MR) is 132 cm³/mol. The van der Waals surface area contributed by atoms with Crippen LogP contribution in [0.1, 0.15) is 38.0 Å². The van der Waals surface area contributed by atoms with Crippen LogP contribution in [0.2, 0.25) is 0 Å². The molecule has 0 atom stereocenters. The van der Waals surface area contributed by atoms with Crippen LogP contribution in [0, 0.1) is 0 Å². The summed E-state index contributed by atoms with van der Waals surface area (Å²) >= 11 is 1.33. The van der Waals surface area contributed by atoms with E-state index in [4.69, 9.17) is 24.6 Å². The maximum absolute atomic E-state index is 6.17. The Bertz CT molecular complexity index is 1280. The second kappa shape index (κ2) is 10.3. The fourth-order valence-corrected chi connectivity index (χ4v) is 3.95. The minimum atomic E-state index is 0.0853. The van der Waals surface area contributed by atoms with Gasteiger partial charge in [0.1, 0.15) is 23.9 Å². The van der Waals surface area contributed by atoms with Gasteiger partial charge in [-0.05, 0) is 35.2 Å². The molecule has 0 fully saturated rings. The molecule has 2 heterocycles. The molecule has 0 saturated carbocycles. The quantitative estimate of drug-likeness (QED) is 0.266. The number of hydrogen-bond acceptors (Lipinski definition) is 10. The molecule has 0 radical (unpaired) electrons. The highest BCUT2D eigenvalue weighted by molar-refractivity contribution is 7.98. The van der Waals surface area contributed by atoms with E-state index in [0.29, 0.717) is 45.5 Å². The summed E-state index contributed by atoms with van der Waals surface area (Å²) in [5.74, 6) is 9.88. The van der Waals surface area contributed by atoms with E-state index in [9.17, 15) is 0 Å². The molecule has 0 spiro atoms. The molecule has 0 amide bonds. The predicted octanol–water partition coefficient (Wildman–Crippen LogP) is 4.23. The number of rotatable bonds is 9. The molecular weight excluding hydrogens is 468 g/mol. The fourth-order valence-electron chi connectivity index (χ4n) is 3.24. The van der Waals surface area contributed by atoms with Gasteiger partial charge in [0.25, 0.3) is 0 Å². The van der Waals surface area contributed by atoms with Crippen molar-refractivity contribution in [1.29, 1.82) is 0 Å². The number of nitrogens with zero attached hydrogens (tertiary/aromatic N) is 5. The molecule has 0 aliphatic carbocycles. The molecule has 35 heavy (non-hydrogen) atoms. The molecule has 4 aromatic rings. The molecule has 2 aromatic carbocycles. The summed E-state index contributed by atoms with van der Waals surface area (Å²) in [7, 11) is 3.17. The Hall–Kier alpha value is -3.73. The van der Waals surface area contributed by atoms with Gasteiger partial charge in [0.15, 0.2) is 5.82 Å². The lowest BCUT2D eigenvalue weighted by atomic mass is 9.87. The van der Waals surface area contributed by atoms with Gasteiger partial charge in [-0.3, -0.25) is 0 Å². The number of nitrogen functional groups attached to an aromatic ring is 1. The van der Waals surface area contributed by atoms with Crippen LogP contribution in [0.15, 0.2) is 52.1 Å². The summed E-state index contributed by atoms with van der Waals surface area (Å²) < 4.78 is 23.3. The van der Waals surface area contributed by atoms with Crippen molar-refractivity contribution in [3.63, 3.8) is 0 Å². The zero-order valence-corrected chi connectivity index (χ0v) is 21.1. The summed E-state index contributed by atoms with van der Waals surface area (Å²) in [4.78, 5) is 4.45. The van der Waals surface area contributed by atoms with Crippen molar-refractivity contribution in [2.75, 3.05) is 20.1 Å². The Labute approximate surface area is 207 Å². The van der Waals surface area contributed by atoms with Gasteiger partial charge in [0, 0.05) is 6.07 Å². The smallest absolute Gasteiger partial charge is 0.237 e. The normalized spacial score (nSPS) is 11.5. The van der Waals surface area contributed by atoms with Crippen LogP contribution in [0.5, 0.6) is 17.2 Å². The highest BCUT2D eigenvalue weighted by atomic mass is 32.2. The van der Waals surface area contributed by atoms with Crippen LogP contribution in [0.4, 0.5) is 0 Å². The lowest BCUT2D eigenvalue weighted by Crippen LogP contribution is -2.16. The first-order valence-corrected chi connectivity index (χ1v) is 11.9. The number of aromatic nitrogens is 5. The van der Waals surface area contributed by atoms with Gasteiger partial charge in [-0.2, -0.15) is 4.98 Å². The highest BCUT2D eigenvalue weighted by Gasteiger charge is 2.17. The summed E-state index contributed by atoms with van der Waals surface area (Å²) in [6.45, 7) is 6.71. The number of methoxy groups -OCH3 is 2. The van der Waals surface area contributed by atoms with Crippen molar-refractivity contribution < 1.29 is 18.7 Å². The van der Waals surface area contributed by atoms with Crippen LogP contribution >= 0.6 is 11.8 Å². The first kappa shape index (κ1) is 24.4. The highest BCUT2D eigenvalue weighted by Crippen LogP contribution is 2.32. The Kier molecular flexibility index (Phi) is 7.15. The van der Waals surface area contributed by atoms with Crippen LogP contribution in [0.25, 0.3) is 11.4 Å². The average Bonchev–Trinajstić information content (AvgIpc) is 3.47. The number of ether oxygens (including phenoxy) is 3. The van der Waals surface area contributed by atoms with E-state index in [1.807, 2.05) is 24.3 Å². The van der Waals surface area contributed by atoms with Crippen molar-refractivity contribution in [1.82, 2.24) is 25.0 Å². The molecule has 4 rings (SSSR count). The lowest BCUT2D eigenvalue weighted by Gasteiger charge is -2.19. The summed E-state index contributed by atoms with van der Waals surface area (Å²) in [6.07, 6.45) is 0. The van der Waals surface area contributed by atoms with Gasteiger partial charge in [-0.25, -0.2) is 4.68 Å². The maximum Gasteiger partial charge on any atom is 0.237 e. The number of nitrogens with two attached hydrogens (primary N) is 1. The summed E-state index contributed by atoms with van der Waals surface area (Å²) in [6, 6.07) is 13.4. The molecule has 184 valence electrons. The number of hydrogen-bond donors (Lipinski definition) is 1. The molecule has 11 heteroatoms. The second-order valence-electron chi connectivity index (χ2n) is 8.70. The van der Waals surface area contributed by atoms with Gasteiger partial charge in [-0.1, -0.05) is 49.8 Å². The van der Waals surface area contributed by atoms with Gasteiger partial charge in [0.05, 0.1) is 25.5 Å². The van der Waals surface area contributed by atoms with Gasteiger partial charge in [0.2, 0.25) is 16.9 Å². The molecular formula is C24H28N6O4S. The van der Waals surface area contributed by atoms with Crippen LogP contribution in [-0.4, -0.2) is 39.2 Å². The summed E-state index contributed by atoms with van der Waals surface area (Å²) in [5, 5.41) is 12.9. The third kappa shape index (κ3) is 5.68. The molecule has 2 aromatic heterocycles. The zero-order chi connectivity index (χ0) is 25.0. The van der Waals surface area contributed by atoms with Crippen LogP contribution in [-0.2, 0) is 17.8 Å². The molecule has 0 aliphatic heterocycles. The van der Waals surface area contributed by atoms with Gasteiger partial charge < -0.3 is 24.6 Å². The minimum Gasteiger partial charge on any atom is -0.497 e. The van der Waals surface area contributed by atoms with E-state index in [1.54, 1.807) is 20.3 Å². The Morgan fingerprint density at radius 3 is 2.43 bits per heavy atom. The Balaban J connectivity index is 1.36. The van der Waals surface area contributed by atoms with E-state index in [2.05, 4.69) is 53.2 Å². The van der Waals surface area contributed by atoms with Crippen molar-refractivity contribution in [3.8, 4) is 28.6 Å². The third-order valence-electron chi connectivity index (χ3n) is 5.27. The topological polar surface area (TPSA) is 123 Å². The molecule has 2 N–H and O–H groups in total. The Morgan fingerprint density at radius 1 is 1.00 bits per heavy atom. The maximum atomic E-state index is 6.17. The number of benzene rings is 2. The molecule has 0 unspecified atom stereocenters. The largest absolute Gasteiger partial charge is 0.497 e. The first-order valence-electron chi connectivity index (χ1n) is 10.9. The average molecular weight is 497 g/mol. The molecule has 10 nitrogen and oxygen atoms in total. The standard InChI is InChI=1S/C24H28N6O4S/c1-24(2,3)15-6-8-16(9-7-15)33-13-20-27-28-23(30(20)25)35-14-21-26-22(29-34-21)18-11-10-17(31-4)12-19(18)32-5/h6-12H,13-14,25H2,1-5H3. The van der Waals surface area contributed by atoms with E-state index in [0.717, 1.165) is 5.75 Å². The molecule has 0 aliphatic rings. The minimum absolute atomic E-state index is 0.0853. The van der Waals surface area contributed by atoms with Crippen LogP contribution in [0.3, 0.4) is 0 Å². The SMILES string of the molecule is COc1ccc(-c2noc(CSc3nnc(COc4ccc(C(C)(C)C)cc4)n3N)n2)c(OC)c1. The zero-order valence-electron chi connectivity index (χ0n) is 20.3. The fraction of sp³-hybridized carbons (Fsp3) is 0.333. The lowest BCUT2D eigenvalue weighted by molar-refractivity contribution is 0.291. The van der Waals surface area contributed by atoms with Crippen molar-refractivity contribution in [2.24, 2.45) is 0 Å². The molecule has 0 saturated heterocycles. The van der Waals surface area contributed by atoms with E-state index >= 15 is 0 Å². The van der Waals surface area contributed by atoms with E-state index in [1.165, 1.54) is 22.0 Å².